The zero-order valence-corrected chi connectivity index (χ0v) is 10.8. The molecule has 7 heteroatoms. The van der Waals surface area contributed by atoms with Gasteiger partial charge in [0.25, 0.3) is 0 Å². The van der Waals surface area contributed by atoms with E-state index in [-0.39, 0.29) is 16.3 Å². The van der Waals surface area contributed by atoms with Gasteiger partial charge in [-0.15, -0.1) is 0 Å². The van der Waals surface area contributed by atoms with Gasteiger partial charge in [-0.3, -0.25) is 0 Å². The van der Waals surface area contributed by atoms with Crippen LogP contribution in [0.4, 0.5) is 15.1 Å². The van der Waals surface area contributed by atoms with Crippen molar-refractivity contribution in [3.63, 3.8) is 0 Å². The van der Waals surface area contributed by atoms with E-state index in [0.29, 0.717) is 10.7 Å². The second kappa shape index (κ2) is 4.91. The molecule has 0 unspecified atom stereocenters. The van der Waals surface area contributed by atoms with Crippen LogP contribution >= 0.6 is 23.1 Å². The number of benzene rings is 1. The fourth-order valence-corrected chi connectivity index (χ4v) is 2.38. The number of aromatic nitrogens is 1. The minimum Gasteiger partial charge on any atom is -0.478 e. The molecule has 0 saturated heterocycles. The first-order valence-electron chi connectivity index (χ1n) is 4.90. The highest BCUT2D eigenvalue weighted by Crippen LogP contribution is 2.29. The third-order valence-corrected chi connectivity index (χ3v) is 3.34. The second-order valence-corrected chi connectivity index (χ2v) is 4.74. The van der Waals surface area contributed by atoms with Crippen molar-refractivity contribution in [2.45, 2.75) is 6.92 Å². The molecule has 0 aliphatic heterocycles. The number of carbonyl (C=O) groups is 1. The Morgan fingerprint density at radius 3 is 2.89 bits per heavy atom. The smallest absolute Gasteiger partial charge is 0.340 e. The first-order valence-corrected chi connectivity index (χ1v) is 6.06. The first kappa shape index (κ1) is 12.8. The van der Waals surface area contributed by atoms with Crippen LogP contribution in [0.2, 0.25) is 5.02 Å². The lowest BCUT2D eigenvalue weighted by atomic mass is 10.2. The van der Waals surface area contributed by atoms with Crippen molar-refractivity contribution in [3.8, 4) is 0 Å². The summed E-state index contributed by atoms with van der Waals surface area (Å²) in [6, 6.07) is 4.11. The van der Waals surface area contributed by atoms with Crippen molar-refractivity contribution >= 4 is 39.8 Å². The van der Waals surface area contributed by atoms with Crippen LogP contribution in [0.15, 0.2) is 18.2 Å². The average molecular weight is 287 g/mol. The molecule has 0 saturated carbocycles. The number of halogens is 2. The number of anilines is 2. The molecule has 0 spiro atoms. The Balaban J connectivity index is 2.37. The summed E-state index contributed by atoms with van der Waals surface area (Å²) < 4.78 is 17.5. The molecule has 1 heterocycles. The molecule has 94 valence electrons. The van der Waals surface area contributed by atoms with Crippen LogP contribution in [0.1, 0.15) is 16.1 Å². The Kier molecular flexibility index (Phi) is 3.49. The molecule has 0 amide bonds. The molecule has 0 radical (unpaired) electrons. The van der Waals surface area contributed by atoms with E-state index in [1.54, 1.807) is 6.92 Å². The van der Waals surface area contributed by atoms with E-state index in [0.717, 1.165) is 17.6 Å². The predicted molar refractivity (Wildman–Crippen MR) is 68.5 cm³/mol. The van der Waals surface area contributed by atoms with Crippen LogP contribution in [0.5, 0.6) is 0 Å². The van der Waals surface area contributed by atoms with Crippen molar-refractivity contribution in [1.82, 2.24) is 4.37 Å². The maximum atomic E-state index is 13.6. The lowest BCUT2D eigenvalue weighted by molar-refractivity contribution is 0.0697. The molecule has 2 N–H and O–H groups in total. The molecule has 18 heavy (non-hydrogen) atoms. The van der Waals surface area contributed by atoms with Crippen molar-refractivity contribution in [1.29, 1.82) is 0 Å². The van der Waals surface area contributed by atoms with E-state index < -0.39 is 11.8 Å². The van der Waals surface area contributed by atoms with Gasteiger partial charge in [0.1, 0.15) is 16.4 Å². The number of hydrogen-bond acceptors (Lipinski definition) is 4. The largest absolute Gasteiger partial charge is 0.478 e. The van der Waals surface area contributed by atoms with Crippen LogP contribution in [0.25, 0.3) is 0 Å². The molecule has 1 aromatic heterocycles. The summed E-state index contributed by atoms with van der Waals surface area (Å²) in [5.74, 6) is -1.65. The Labute approximate surface area is 111 Å². The molecule has 0 atom stereocenters. The van der Waals surface area contributed by atoms with Gasteiger partial charge < -0.3 is 10.4 Å². The van der Waals surface area contributed by atoms with Crippen LogP contribution in [-0.2, 0) is 0 Å². The van der Waals surface area contributed by atoms with Crippen molar-refractivity contribution in [2.24, 2.45) is 0 Å². The maximum Gasteiger partial charge on any atom is 0.340 e. The highest BCUT2D eigenvalue weighted by Gasteiger charge is 2.18. The summed E-state index contributed by atoms with van der Waals surface area (Å²) in [5.41, 5.74) is 0.601. The molecule has 4 nitrogen and oxygen atoms in total. The quantitative estimate of drug-likeness (QED) is 0.903. The van der Waals surface area contributed by atoms with Gasteiger partial charge in [-0.25, -0.2) is 9.18 Å². The Morgan fingerprint density at radius 1 is 1.56 bits per heavy atom. The molecular formula is C11H8ClFN2O2S. The van der Waals surface area contributed by atoms with E-state index in [4.69, 9.17) is 16.7 Å². The zero-order chi connectivity index (χ0) is 13.3. The Bertz CT molecular complexity index is 615. The SMILES string of the molecule is Cc1nsc(Nc2ccc(Cl)cc2F)c1C(=O)O. The van der Waals surface area contributed by atoms with Crippen LogP contribution in [0, 0.1) is 12.7 Å². The standard InChI is InChI=1S/C11H8ClFN2O2S/c1-5-9(11(16)17)10(18-15-5)14-8-3-2-6(12)4-7(8)13/h2-4,14H,1H3,(H,16,17). The highest BCUT2D eigenvalue weighted by atomic mass is 35.5. The monoisotopic (exact) mass is 286 g/mol. The molecule has 1 aromatic carbocycles. The number of nitrogens with zero attached hydrogens (tertiary/aromatic N) is 1. The van der Waals surface area contributed by atoms with Crippen LogP contribution in [0.3, 0.4) is 0 Å². The third-order valence-electron chi connectivity index (χ3n) is 2.26. The van der Waals surface area contributed by atoms with Gasteiger partial charge in [-0.2, -0.15) is 4.37 Å². The molecule has 2 rings (SSSR count). The summed E-state index contributed by atoms with van der Waals surface area (Å²) in [6.07, 6.45) is 0. The maximum absolute atomic E-state index is 13.6. The van der Waals surface area contributed by atoms with E-state index in [2.05, 4.69) is 9.69 Å². The number of nitrogens with one attached hydrogen (secondary N) is 1. The number of carboxylic acids is 1. The number of hydrogen-bond donors (Lipinski definition) is 2. The summed E-state index contributed by atoms with van der Waals surface area (Å²) in [6.45, 7) is 1.59. The van der Waals surface area contributed by atoms with E-state index in [1.807, 2.05) is 0 Å². The van der Waals surface area contributed by atoms with Gasteiger partial charge in [0.2, 0.25) is 0 Å². The summed E-state index contributed by atoms with van der Waals surface area (Å²) in [4.78, 5) is 11.0. The second-order valence-electron chi connectivity index (χ2n) is 3.53. The molecule has 0 bridgehead atoms. The fourth-order valence-electron chi connectivity index (χ4n) is 1.42. The summed E-state index contributed by atoms with van der Waals surface area (Å²) >= 11 is 6.60. The third kappa shape index (κ3) is 2.44. The predicted octanol–water partition coefficient (Wildman–Crippen LogP) is 3.69. The van der Waals surface area contributed by atoms with Gasteiger partial charge in [0, 0.05) is 5.02 Å². The Hall–Kier alpha value is -1.66. The number of carboxylic acid groups (broad SMARTS) is 1. The lowest BCUT2D eigenvalue weighted by Gasteiger charge is -2.06. The zero-order valence-electron chi connectivity index (χ0n) is 9.20. The lowest BCUT2D eigenvalue weighted by Crippen LogP contribution is -2.02. The van der Waals surface area contributed by atoms with E-state index in [9.17, 15) is 9.18 Å². The minimum atomic E-state index is -1.10. The Morgan fingerprint density at radius 2 is 2.28 bits per heavy atom. The first-order chi connectivity index (χ1) is 8.49. The minimum absolute atomic E-state index is 0.0503. The number of aryl methyl sites for hydroxylation is 1. The summed E-state index contributed by atoms with van der Waals surface area (Å²) in [7, 11) is 0. The van der Waals surface area contributed by atoms with Gasteiger partial charge in [-0.1, -0.05) is 11.6 Å². The van der Waals surface area contributed by atoms with E-state index >= 15 is 0 Å². The van der Waals surface area contributed by atoms with Gasteiger partial charge in [0.05, 0.1) is 11.4 Å². The summed E-state index contributed by atoms with van der Waals surface area (Å²) in [5, 5.41) is 12.3. The normalized spacial score (nSPS) is 10.4. The van der Waals surface area contributed by atoms with Crippen molar-refractivity contribution in [3.05, 3.63) is 40.3 Å². The molecule has 0 fully saturated rings. The molecular weight excluding hydrogens is 279 g/mol. The molecule has 0 aliphatic rings. The van der Waals surface area contributed by atoms with Gasteiger partial charge >= 0.3 is 5.97 Å². The van der Waals surface area contributed by atoms with Crippen molar-refractivity contribution < 1.29 is 14.3 Å². The van der Waals surface area contributed by atoms with Gasteiger partial charge in [0.15, 0.2) is 0 Å². The van der Waals surface area contributed by atoms with Crippen LogP contribution in [-0.4, -0.2) is 15.4 Å². The fraction of sp³-hybridized carbons (Fsp3) is 0.0909. The molecule has 0 aliphatic carbocycles. The highest BCUT2D eigenvalue weighted by molar-refractivity contribution is 7.10. The van der Waals surface area contributed by atoms with Gasteiger partial charge in [-0.05, 0) is 36.7 Å². The topological polar surface area (TPSA) is 62.2 Å². The average Bonchev–Trinajstić information content (AvgIpc) is 2.64. The number of rotatable bonds is 3. The number of aromatic carboxylic acids is 1. The van der Waals surface area contributed by atoms with Crippen LogP contribution < -0.4 is 5.32 Å². The molecule has 2 aromatic rings. The van der Waals surface area contributed by atoms with E-state index in [1.165, 1.54) is 12.1 Å². The van der Waals surface area contributed by atoms with Crippen molar-refractivity contribution in [2.75, 3.05) is 5.32 Å².